The van der Waals surface area contributed by atoms with Crippen molar-refractivity contribution in [1.82, 2.24) is 15.0 Å². The molecule has 3 rings (SSSR count). The zero-order valence-electron chi connectivity index (χ0n) is 16.8. The summed E-state index contributed by atoms with van der Waals surface area (Å²) in [5.41, 5.74) is 5.10. The fraction of sp³-hybridized carbons (Fsp3) is 0.240. The van der Waals surface area contributed by atoms with Crippen LogP contribution in [0.15, 0.2) is 73.7 Å². The van der Waals surface area contributed by atoms with E-state index in [4.69, 9.17) is 0 Å². The van der Waals surface area contributed by atoms with Crippen molar-refractivity contribution in [3.05, 3.63) is 84.8 Å². The lowest BCUT2D eigenvalue weighted by molar-refractivity contribution is 0.182. The first-order valence-electron chi connectivity index (χ1n) is 9.99. The maximum atomic E-state index is 9.28. The second kappa shape index (κ2) is 10.4. The van der Waals surface area contributed by atoms with Crippen LogP contribution in [0.5, 0.6) is 0 Å². The predicted molar refractivity (Wildman–Crippen MR) is 119 cm³/mol. The Labute approximate surface area is 172 Å². The second-order valence-corrected chi connectivity index (χ2v) is 7.14. The minimum absolute atomic E-state index is 0.219. The van der Waals surface area contributed by atoms with Crippen molar-refractivity contribution in [3.8, 4) is 22.6 Å². The average Bonchev–Trinajstić information content (AvgIpc) is 2.75. The van der Waals surface area contributed by atoms with Crippen molar-refractivity contribution in [1.29, 1.82) is 0 Å². The van der Waals surface area contributed by atoms with Crippen LogP contribution in [0.25, 0.3) is 28.7 Å². The second-order valence-electron chi connectivity index (χ2n) is 7.14. The molecule has 0 spiro atoms. The largest absolute Gasteiger partial charge is 0.393 e. The highest BCUT2D eigenvalue weighted by Gasteiger charge is 2.05. The van der Waals surface area contributed by atoms with Crippen molar-refractivity contribution < 1.29 is 5.11 Å². The van der Waals surface area contributed by atoms with Gasteiger partial charge in [-0.2, -0.15) is 0 Å². The van der Waals surface area contributed by atoms with Gasteiger partial charge in [0.15, 0.2) is 5.82 Å². The molecule has 1 atom stereocenters. The first-order valence-corrected chi connectivity index (χ1v) is 9.99. The van der Waals surface area contributed by atoms with Crippen LogP contribution in [0.3, 0.4) is 0 Å². The number of aliphatic hydroxyl groups excluding tert-OH is 1. The number of allylic oxidation sites excluding steroid dienone is 2. The minimum atomic E-state index is -0.219. The number of aliphatic hydroxyl groups is 1. The molecule has 3 aromatic rings. The van der Waals surface area contributed by atoms with Crippen LogP contribution >= 0.6 is 0 Å². The Hall–Kier alpha value is -3.11. The molecule has 0 saturated carbocycles. The molecule has 4 heteroatoms. The molecule has 1 unspecified atom stereocenters. The van der Waals surface area contributed by atoms with Crippen LogP contribution in [-0.2, 0) is 6.42 Å². The summed E-state index contributed by atoms with van der Waals surface area (Å²) in [6.07, 6.45) is 15.1. The quantitative estimate of drug-likeness (QED) is 0.390. The van der Waals surface area contributed by atoms with Crippen molar-refractivity contribution >= 4 is 6.08 Å². The Morgan fingerprint density at radius 1 is 0.966 bits per heavy atom. The highest BCUT2D eigenvalue weighted by atomic mass is 16.3. The molecule has 29 heavy (non-hydrogen) atoms. The average molecular weight is 386 g/mol. The van der Waals surface area contributed by atoms with Gasteiger partial charge in [0, 0.05) is 24.2 Å². The van der Waals surface area contributed by atoms with E-state index in [-0.39, 0.29) is 6.10 Å². The van der Waals surface area contributed by atoms with Gasteiger partial charge in [-0.15, -0.1) is 6.58 Å². The Bertz CT molecular complexity index is 927. The van der Waals surface area contributed by atoms with Crippen LogP contribution in [0.4, 0.5) is 0 Å². The van der Waals surface area contributed by atoms with Crippen molar-refractivity contribution in [2.75, 3.05) is 0 Å². The summed E-state index contributed by atoms with van der Waals surface area (Å²) in [6.45, 7) is 5.57. The normalized spacial score (nSPS) is 12.2. The van der Waals surface area contributed by atoms with Gasteiger partial charge < -0.3 is 5.11 Å². The molecule has 0 radical (unpaired) electrons. The maximum absolute atomic E-state index is 9.28. The molecule has 0 saturated heterocycles. The third-order valence-corrected chi connectivity index (χ3v) is 4.63. The van der Waals surface area contributed by atoms with Gasteiger partial charge in [0.25, 0.3) is 0 Å². The number of hydrogen-bond acceptors (Lipinski definition) is 4. The molecular weight excluding hydrogens is 358 g/mol. The third kappa shape index (κ3) is 6.19. The van der Waals surface area contributed by atoms with Gasteiger partial charge in [-0.05, 0) is 55.4 Å². The lowest BCUT2D eigenvalue weighted by atomic mass is 10.1. The van der Waals surface area contributed by atoms with Crippen LogP contribution in [-0.4, -0.2) is 26.2 Å². The molecule has 0 bridgehead atoms. The smallest absolute Gasteiger partial charge is 0.178 e. The third-order valence-electron chi connectivity index (χ3n) is 4.63. The molecule has 0 aliphatic rings. The van der Waals surface area contributed by atoms with E-state index in [9.17, 15) is 5.11 Å². The summed E-state index contributed by atoms with van der Waals surface area (Å²) in [5, 5.41) is 9.28. The predicted octanol–water partition coefficient (Wildman–Crippen LogP) is 5.50. The molecule has 0 aliphatic heterocycles. The SMILES string of the molecule is C=CCc1ccc(-c2ncc(-c3ccc(/C=C/CCCC(C)O)cc3)cn2)nc1. The summed E-state index contributed by atoms with van der Waals surface area (Å²) in [4.78, 5) is 13.4. The topological polar surface area (TPSA) is 58.9 Å². The van der Waals surface area contributed by atoms with Crippen molar-refractivity contribution in [2.24, 2.45) is 0 Å². The molecule has 0 amide bonds. The lowest BCUT2D eigenvalue weighted by Gasteiger charge is -2.04. The van der Waals surface area contributed by atoms with Crippen molar-refractivity contribution in [2.45, 2.75) is 38.7 Å². The van der Waals surface area contributed by atoms with Crippen LogP contribution in [0.2, 0.25) is 0 Å². The van der Waals surface area contributed by atoms with Gasteiger partial charge in [-0.25, -0.2) is 9.97 Å². The highest BCUT2D eigenvalue weighted by Crippen LogP contribution is 2.21. The number of aromatic nitrogens is 3. The van der Waals surface area contributed by atoms with Crippen LogP contribution in [0, 0.1) is 0 Å². The van der Waals surface area contributed by atoms with E-state index in [1.54, 1.807) is 0 Å². The van der Waals surface area contributed by atoms with Gasteiger partial charge in [-0.1, -0.05) is 48.6 Å². The van der Waals surface area contributed by atoms with Gasteiger partial charge in [0.1, 0.15) is 5.69 Å². The summed E-state index contributed by atoms with van der Waals surface area (Å²) in [7, 11) is 0. The Balaban J connectivity index is 1.62. The van der Waals surface area contributed by atoms with Gasteiger partial charge >= 0.3 is 0 Å². The van der Waals surface area contributed by atoms with Crippen LogP contribution < -0.4 is 0 Å². The monoisotopic (exact) mass is 385 g/mol. The molecular formula is C25H27N3O. The first-order chi connectivity index (χ1) is 14.2. The molecule has 2 heterocycles. The van der Waals surface area contributed by atoms with E-state index in [0.717, 1.165) is 53.6 Å². The fourth-order valence-electron chi connectivity index (χ4n) is 2.99. The number of unbranched alkanes of at least 4 members (excludes halogenated alkanes) is 1. The number of pyridine rings is 1. The van der Waals surface area contributed by atoms with E-state index in [1.165, 1.54) is 0 Å². The molecule has 2 aromatic heterocycles. The van der Waals surface area contributed by atoms with E-state index >= 15 is 0 Å². The number of hydrogen-bond donors (Lipinski definition) is 1. The van der Waals surface area contributed by atoms with E-state index in [0.29, 0.717) is 5.82 Å². The van der Waals surface area contributed by atoms with Gasteiger partial charge in [-0.3, -0.25) is 4.98 Å². The number of benzene rings is 1. The molecule has 0 fully saturated rings. The number of nitrogens with zero attached hydrogens (tertiary/aromatic N) is 3. The molecule has 4 nitrogen and oxygen atoms in total. The Morgan fingerprint density at radius 3 is 2.34 bits per heavy atom. The van der Waals surface area contributed by atoms with Crippen LogP contribution in [0.1, 0.15) is 37.3 Å². The summed E-state index contributed by atoms with van der Waals surface area (Å²) < 4.78 is 0. The zero-order valence-corrected chi connectivity index (χ0v) is 16.8. The molecule has 0 aliphatic carbocycles. The van der Waals surface area contributed by atoms with E-state index in [2.05, 4.69) is 57.9 Å². The van der Waals surface area contributed by atoms with Gasteiger partial charge in [0.05, 0.1) is 6.10 Å². The maximum Gasteiger partial charge on any atom is 0.178 e. The summed E-state index contributed by atoms with van der Waals surface area (Å²) in [5.74, 6) is 0.621. The lowest BCUT2D eigenvalue weighted by Crippen LogP contribution is -1.97. The Kier molecular flexibility index (Phi) is 7.42. The van der Waals surface area contributed by atoms with E-state index in [1.807, 2.05) is 43.7 Å². The van der Waals surface area contributed by atoms with Gasteiger partial charge in [0.2, 0.25) is 0 Å². The summed E-state index contributed by atoms with van der Waals surface area (Å²) >= 11 is 0. The van der Waals surface area contributed by atoms with E-state index < -0.39 is 0 Å². The summed E-state index contributed by atoms with van der Waals surface area (Å²) in [6, 6.07) is 12.3. The zero-order chi connectivity index (χ0) is 20.5. The molecule has 1 aromatic carbocycles. The minimum Gasteiger partial charge on any atom is -0.393 e. The molecule has 1 N–H and O–H groups in total. The standard InChI is InChI=1S/C25H27N3O/c1-3-7-21-12-15-24(26-16-21)25-27-17-23(18-28-25)22-13-10-20(11-14-22)9-6-4-5-8-19(2)29/h3,6,9-19,29H,1,4-5,7-8H2,2H3/b9-6+. The van der Waals surface area contributed by atoms with Crippen molar-refractivity contribution in [3.63, 3.8) is 0 Å². The fourth-order valence-corrected chi connectivity index (χ4v) is 2.99. The first kappa shape index (κ1) is 20.6. The number of rotatable bonds is 9. The highest BCUT2D eigenvalue weighted by molar-refractivity contribution is 5.65. The molecule has 148 valence electrons. The Morgan fingerprint density at radius 2 is 1.72 bits per heavy atom.